The molecular weight excluding hydrogens is 512 g/mol. The number of anilines is 1. The molecule has 2 saturated carbocycles. The summed E-state index contributed by atoms with van der Waals surface area (Å²) in [6, 6.07) is 11.9. The number of nitrogens with zero attached hydrogens (tertiary/aromatic N) is 2. The largest absolute Gasteiger partial charge is 0.378 e. The minimum absolute atomic E-state index is 0.0357. The standard InChI is InChI=1S/C27H24N2O8S/c1-29(2)19-8-9-21(37-38(35,36)16-6-4-3-5-7-16)23-17(19)11-14-10-15-12-20(30)18(13-28)25(32)27(15,34)26(33)22(14)24(23)31/h3-9,14-15,18,22,34H,10-12H2,1-2H3/t14-,15+,18?,22?,27-/m1/s1. The van der Waals surface area contributed by atoms with Crippen LogP contribution in [0.2, 0.25) is 0 Å². The summed E-state index contributed by atoms with van der Waals surface area (Å²) >= 11 is 0. The van der Waals surface area contributed by atoms with Gasteiger partial charge in [-0.3, -0.25) is 19.2 Å². The zero-order chi connectivity index (χ0) is 27.6. The first-order valence-electron chi connectivity index (χ1n) is 12.0. The number of ketones is 4. The van der Waals surface area contributed by atoms with Gasteiger partial charge < -0.3 is 14.2 Å². The molecule has 0 aliphatic heterocycles. The van der Waals surface area contributed by atoms with Crippen molar-refractivity contribution < 1.29 is 36.9 Å². The highest BCUT2D eigenvalue weighted by atomic mass is 32.2. The van der Waals surface area contributed by atoms with Gasteiger partial charge in [0.05, 0.1) is 17.6 Å². The zero-order valence-corrected chi connectivity index (χ0v) is 21.4. The Morgan fingerprint density at radius 3 is 2.34 bits per heavy atom. The van der Waals surface area contributed by atoms with Gasteiger partial charge in [-0.15, -0.1) is 0 Å². The second kappa shape index (κ2) is 8.85. The van der Waals surface area contributed by atoms with Crippen molar-refractivity contribution in [3.8, 4) is 11.8 Å². The molecule has 0 spiro atoms. The first kappa shape index (κ1) is 25.8. The van der Waals surface area contributed by atoms with E-state index in [1.54, 1.807) is 37.2 Å². The molecular formula is C27H24N2O8S. The van der Waals surface area contributed by atoms with Crippen molar-refractivity contribution >= 4 is 38.9 Å². The molecule has 0 radical (unpaired) electrons. The van der Waals surface area contributed by atoms with Crippen LogP contribution in [0.5, 0.6) is 5.75 Å². The maximum atomic E-state index is 13.9. The minimum atomic E-state index is -4.33. The highest BCUT2D eigenvalue weighted by molar-refractivity contribution is 7.87. The molecule has 10 nitrogen and oxygen atoms in total. The van der Waals surface area contributed by atoms with Crippen LogP contribution >= 0.6 is 0 Å². The van der Waals surface area contributed by atoms with Gasteiger partial charge in [0.15, 0.2) is 40.4 Å². The average molecular weight is 537 g/mol. The molecule has 3 aliphatic rings. The predicted octanol–water partition coefficient (Wildman–Crippen LogP) is 1.49. The van der Waals surface area contributed by atoms with Crippen LogP contribution in [0.4, 0.5) is 5.69 Å². The smallest absolute Gasteiger partial charge is 0.339 e. The monoisotopic (exact) mass is 536 g/mol. The third kappa shape index (κ3) is 3.67. The molecule has 196 valence electrons. The fraction of sp³-hybridized carbons (Fsp3) is 0.370. The maximum absolute atomic E-state index is 13.9. The van der Waals surface area contributed by atoms with Crippen molar-refractivity contribution in [3.63, 3.8) is 0 Å². The molecule has 2 unspecified atom stereocenters. The molecule has 5 atom stereocenters. The lowest BCUT2D eigenvalue weighted by atomic mass is 9.54. The van der Waals surface area contributed by atoms with E-state index in [0.717, 1.165) is 0 Å². The van der Waals surface area contributed by atoms with E-state index in [1.807, 2.05) is 0 Å². The number of fused-ring (bicyclic) bond motifs is 3. The summed E-state index contributed by atoms with van der Waals surface area (Å²) in [5.74, 6) is -8.86. The Balaban J connectivity index is 1.62. The molecule has 1 N–H and O–H groups in total. The molecule has 2 aromatic carbocycles. The molecule has 11 heteroatoms. The molecule has 0 heterocycles. The second-order valence-electron chi connectivity index (χ2n) is 10.1. The van der Waals surface area contributed by atoms with Crippen molar-refractivity contribution in [1.82, 2.24) is 0 Å². The molecule has 2 aromatic rings. The number of hydrogen-bond acceptors (Lipinski definition) is 10. The molecule has 3 aliphatic carbocycles. The molecule has 2 fully saturated rings. The molecule has 0 aromatic heterocycles. The van der Waals surface area contributed by atoms with Crippen LogP contribution in [0.25, 0.3) is 0 Å². The Kier molecular flexibility index (Phi) is 6.00. The van der Waals surface area contributed by atoms with Crippen LogP contribution < -0.4 is 9.08 Å². The fourth-order valence-electron chi connectivity index (χ4n) is 6.02. The lowest BCUT2D eigenvalue weighted by Crippen LogP contribution is -2.66. The van der Waals surface area contributed by atoms with E-state index in [0.29, 0.717) is 11.3 Å². The summed E-state index contributed by atoms with van der Waals surface area (Å²) in [5, 5.41) is 20.6. The Morgan fingerprint density at radius 1 is 1.03 bits per heavy atom. The van der Waals surface area contributed by atoms with E-state index >= 15 is 0 Å². The summed E-state index contributed by atoms with van der Waals surface area (Å²) in [5.41, 5.74) is -1.66. The number of carbonyl (C=O) groups is 4. The van der Waals surface area contributed by atoms with Gasteiger partial charge in [0.25, 0.3) is 0 Å². The van der Waals surface area contributed by atoms with Crippen LogP contribution in [0.1, 0.15) is 28.8 Å². The van der Waals surface area contributed by atoms with Crippen molar-refractivity contribution in [1.29, 1.82) is 5.26 Å². The summed E-state index contributed by atoms with van der Waals surface area (Å²) in [6.45, 7) is 0. The number of nitriles is 1. The van der Waals surface area contributed by atoms with Gasteiger partial charge in [-0.25, -0.2) is 0 Å². The fourth-order valence-corrected chi connectivity index (χ4v) is 6.98. The average Bonchev–Trinajstić information content (AvgIpc) is 2.86. The summed E-state index contributed by atoms with van der Waals surface area (Å²) in [6.07, 6.45) is -0.131. The number of benzene rings is 2. The number of hydrogen-bond donors (Lipinski definition) is 1. The van der Waals surface area contributed by atoms with Gasteiger partial charge in [-0.2, -0.15) is 13.7 Å². The topological polar surface area (TPSA) is 159 Å². The van der Waals surface area contributed by atoms with E-state index in [2.05, 4.69) is 0 Å². The molecule has 0 saturated heterocycles. The highest BCUT2D eigenvalue weighted by Crippen LogP contribution is 2.51. The second-order valence-corrected chi connectivity index (χ2v) is 11.7. The molecule has 38 heavy (non-hydrogen) atoms. The van der Waals surface area contributed by atoms with Crippen molar-refractivity contribution in [2.45, 2.75) is 29.8 Å². The SMILES string of the molecule is CN(C)c1ccc(OS(=O)(=O)c2ccccc2)c2c1C[C@H]1C[C@H]3CC(=O)C(C#N)C(=O)[C@@]3(O)C(=O)C1C2=O. The number of rotatable bonds is 4. The summed E-state index contributed by atoms with van der Waals surface area (Å²) in [7, 11) is -0.833. The van der Waals surface area contributed by atoms with Gasteiger partial charge in [-0.1, -0.05) is 18.2 Å². The van der Waals surface area contributed by atoms with Crippen molar-refractivity contribution in [2.75, 3.05) is 19.0 Å². The number of Topliss-reactive ketones (excluding diaryl/α,β-unsaturated/α-hetero) is 4. The molecule has 0 amide bonds. The van der Waals surface area contributed by atoms with Gasteiger partial charge in [-0.05, 0) is 48.6 Å². The molecule has 0 bridgehead atoms. The van der Waals surface area contributed by atoms with Crippen LogP contribution in [0.3, 0.4) is 0 Å². The zero-order valence-electron chi connectivity index (χ0n) is 20.6. The van der Waals surface area contributed by atoms with Crippen LogP contribution in [0.15, 0.2) is 47.4 Å². The maximum Gasteiger partial charge on any atom is 0.339 e. The van der Waals surface area contributed by atoms with Gasteiger partial charge >= 0.3 is 10.1 Å². The van der Waals surface area contributed by atoms with Crippen LogP contribution in [-0.4, -0.2) is 56.4 Å². The summed E-state index contributed by atoms with van der Waals surface area (Å²) < 4.78 is 31.4. The van der Waals surface area contributed by atoms with Gasteiger partial charge in [0.1, 0.15) is 4.90 Å². The van der Waals surface area contributed by atoms with E-state index in [9.17, 15) is 38.0 Å². The van der Waals surface area contributed by atoms with Crippen molar-refractivity contribution in [3.05, 3.63) is 53.6 Å². The Bertz CT molecular complexity index is 1540. The van der Waals surface area contributed by atoms with E-state index < -0.39 is 62.5 Å². The Labute approximate surface area is 218 Å². The minimum Gasteiger partial charge on any atom is -0.378 e. The van der Waals surface area contributed by atoms with Crippen molar-refractivity contribution in [2.24, 2.45) is 23.7 Å². The lowest BCUT2D eigenvalue weighted by Gasteiger charge is -2.48. The first-order chi connectivity index (χ1) is 17.9. The molecule has 5 rings (SSSR count). The normalized spacial score (nSPS) is 28.6. The van der Waals surface area contributed by atoms with Crippen LogP contribution in [-0.2, 0) is 30.9 Å². The Morgan fingerprint density at radius 2 is 1.71 bits per heavy atom. The highest BCUT2D eigenvalue weighted by Gasteiger charge is 2.65. The van der Waals surface area contributed by atoms with Gasteiger partial charge in [0.2, 0.25) is 0 Å². The quantitative estimate of drug-likeness (QED) is 0.448. The number of carbonyl (C=O) groups excluding carboxylic acids is 4. The number of aliphatic hydroxyl groups is 1. The van der Waals surface area contributed by atoms with Crippen LogP contribution in [0, 0.1) is 35.0 Å². The van der Waals surface area contributed by atoms with E-state index in [4.69, 9.17) is 4.18 Å². The third-order valence-electron chi connectivity index (χ3n) is 7.80. The predicted molar refractivity (Wildman–Crippen MR) is 132 cm³/mol. The third-order valence-corrected chi connectivity index (χ3v) is 9.05. The van der Waals surface area contributed by atoms with Gasteiger partial charge in [0, 0.05) is 32.1 Å². The summed E-state index contributed by atoms with van der Waals surface area (Å²) in [4.78, 5) is 54.6. The van der Waals surface area contributed by atoms with E-state index in [1.165, 1.54) is 30.3 Å². The Hall–Kier alpha value is -3.88. The first-order valence-corrected chi connectivity index (χ1v) is 13.4. The lowest BCUT2D eigenvalue weighted by molar-refractivity contribution is -0.173. The van der Waals surface area contributed by atoms with E-state index in [-0.39, 0.29) is 35.5 Å².